The molecular formula is C25H22ClNO10. The highest BCUT2D eigenvalue weighted by atomic mass is 35.5. The Labute approximate surface area is 215 Å². The van der Waals surface area contributed by atoms with E-state index in [0.29, 0.717) is 0 Å². The largest absolute Gasteiger partial charge is 0.453 e. The molecule has 0 N–H and O–H groups in total. The van der Waals surface area contributed by atoms with Crippen LogP contribution in [0, 0.1) is 0 Å². The number of carbonyl (C=O) groups is 4. The average Bonchev–Trinajstić information content (AvgIpc) is 2.87. The van der Waals surface area contributed by atoms with Crippen molar-refractivity contribution >= 4 is 46.4 Å². The first kappa shape index (κ1) is 27.3. The topological polar surface area (TPSA) is 148 Å². The molecule has 11 nitrogen and oxygen atoms in total. The highest BCUT2D eigenvalue weighted by Gasteiger charge is 2.45. The summed E-state index contributed by atoms with van der Waals surface area (Å²) in [4.78, 5) is 65.7. The van der Waals surface area contributed by atoms with Gasteiger partial charge >= 0.3 is 35.5 Å². The van der Waals surface area contributed by atoms with Crippen molar-refractivity contribution in [3.63, 3.8) is 0 Å². The van der Waals surface area contributed by atoms with Gasteiger partial charge in [-0.2, -0.15) is 0 Å². The number of pyridine rings is 1. The van der Waals surface area contributed by atoms with E-state index in [1.807, 2.05) is 0 Å². The lowest BCUT2D eigenvalue weighted by Gasteiger charge is -2.31. The summed E-state index contributed by atoms with van der Waals surface area (Å²) in [5, 5.41) is 0.354. The number of esters is 4. The normalized spacial score (nSPS) is 11.0. The summed E-state index contributed by atoms with van der Waals surface area (Å²) in [6.07, 6.45) is 2.20. The lowest BCUT2D eigenvalue weighted by Crippen LogP contribution is -2.41. The van der Waals surface area contributed by atoms with Gasteiger partial charge in [0.15, 0.2) is 5.75 Å². The van der Waals surface area contributed by atoms with Gasteiger partial charge in [0.1, 0.15) is 11.1 Å². The monoisotopic (exact) mass is 531 g/mol. The molecule has 37 heavy (non-hydrogen) atoms. The molecule has 0 saturated carbocycles. The smallest absolute Gasteiger partial charge is 0.422 e. The van der Waals surface area contributed by atoms with Gasteiger partial charge in [-0.1, -0.05) is 32.4 Å². The van der Waals surface area contributed by atoms with Crippen LogP contribution < -0.4 is 10.4 Å². The Bertz CT molecular complexity index is 1370. The van der Waals surface area contributed by atoms with E-state index in [2.05, 4.69) is 4.98 Å². The van der Waals surface area contributed by atoms with Crippen LogP contribution in [0.4, 0.5) is 0 Å². The Morgan fingerprint density at radius 3 is 2.03 bits per heavy atom. The van der Waals surface area contributed by atoms with Crippen LogP contribution in [-0.2, 0) is 34.6 Å². The van der Waals surface area contributed by atoms with Crippen molar-refractivity contribution in [1.29, 1.82) is 0 Å². The van der Waals surface area contributed by atoms with Crippen LogP contribution in [0.3, 0.4) is 0 Å². The SMILES string of the molecule is CCC(=O)OC(OC(=O)CC)(OC(=O)CC)c1ccc2oc(=O)c(C(=O)Oc3cncc(Cl)c3)cc2c1. The Balaban J connectivity index is 2.12. The van der Waals surface area contributed by atoms with E-state index in [4.69, 9.17) is 35.0 Å². The van der Waals surface area contributed by atoms with Crippen molar-refractivity contribution in [2.24, 2.45) is 0 Å². The fourth-order valence-corrected chi connectivity index (χ4v) is 3.14. The minimum absolute atomic E-state index is 0.00537. The van der Waals surface area contributed by atoms with Crippen molar-refractivity contribution in [3.8, 4) is 5.75 Å². The van der Waals surface area contributed by atoms with E-state index in [-0.39, 0.29) is 46.6 Å². The van der Waals surface area contributed by atoms with Crippen LogP contribution in [-0.4, -0.2) is 28.9 Å². The first-order valence-corrected chi connectivity index (χ1v) is 11.5. The fourth-order valence-electron chi connectivity index (χ4n) is 2.97. The van der Waals surface area contributed by atoms with Crippen LogP contribution >= 0.6 is 11.6 Å². The Morgan fingerprint density at radius 1 is 0.892 bits per heavy atom. The maximum absolute atomic E-state index is 12.7. The number of carbonyl (C=O) groups excluding carboxylic acids is 4. The standard InChI is InChI=1S/C25H22ClNO10/c1-4-20(28)35-25(36-21(29)5-2,37-22(30)6-3)15-7-8-19-14(9-15)10-18(24(32)34-19)23(31)33-17-11-16(26)12-27-13-17/h7-13H,4-6H2,1-3H3. The lowest BCUT2D eigenvalue weighted by atomic mass is 10.1. The van der Waals surface area contributed by atoms with Crippen LogP contribution in [0.5, 0.6) is 5.75 Å². The minimum Gasteiger partial charge on any atom is -0.422 e. The maximum atomic E-state index is 12.7. The summed E-state index contributed by atoms with van der Waals surface area (Å²) >= 11 is 5.84. The number of hydrogen-bond donors (Lipinski definition) is 0. The van der Waals surface area contributed by atoms with Gasteiger partial charge in [0, 0.05) is 36.9 Å². The third-order valence-corrected chi connectivity index (χ3v) is 5.01. The van der Waals surface area contributed by atoms with Crippen LogP contribution in [0.2, 0.25) is 5.02 Å². The van der Waals surface area contributed by atoms with E-state index in [0.717, 1.165) is 0 Å². The van der Waals surface area contributed by atoms with Gasteiger partial charge in [0.05, 0.1) is 16.8 Å². The molecule has 2 heterocycles. The van der Waals surface area contributed by atoms with Gasteiger partial charge in [0.2, 0.25) is 0 Å². The second kappa shape index (κ2) is 11.7. The molecule has 12 heteroatoms. The lowest BCUT2D eigenvalue weighted by molar-refractivity contribution is -0.340. The molecule has 0 bridgehead atoms. The maximum Gasteiger partial charge on any atom is 0.453 e. The molecule has 2 aromatic heterocycles. The van der Waals surface area contributed by atoms with E-state index < -0.39 is 41.0 Å². The molecule has 0 saturated heterocycles. The molecule has 0 spiro atoms. The summed E-state index contributed by atoms with van der Waals surface area (Å²) < 4.78 is 26.4. The van der Waals surface area contributed by atoms with Crippen molar-refractivity contribution in [1.82, 2.24) is 4.98 Å². The zero-order chi connectivity index (χ0) is 27.2. The van der Waals surface area contributed by atoms with Crippen LogP contribution in [0.25, 0.3) is 11.0 Å². The zero-order valence-electron chi connectivity index (χ0n) is 20.1. The van der Waals surface area contributed by atoms with Crippen molar-refractivity contribution in [2.75, 3.05) is 0 Å². The summed E-state index contributed by atoms with van der Waals surface area (Å²) in [7, 11) is 0. The van der Waals surface area contributed by atoms with E-state index >= 15 is 0 Å². The molecule has 3 rings (SSSR count). The predicted octanol–water partition coefficient (Wildman–Crippen LogP) is 4.03. The van der Waals surface area contributed by atoms with Crippen molar-refractivity contribution < 1.29 is 42.5 Å². The first-order valence-electron chi connectivity index (χ1n) is 11.2. The highest BCUT2D eigenvalue weighted by molar-refractivity contribution is 6.30. The number of aromatic nitrogens is 1. The molecule has 0 atom stereocenters. The molecule has 194 valence electrons. The van der Waals surface area contributed by atoms with Gasteiger partial charge in [-0.3, -0.25) is 19.4 Å². The highest BCUT2D eigenvalue weighted by Crippen LogP contribution is 2.33. The number of benzene rings is 1. The van der Waals surface area contributed by atoms with E-state index in [9.17, 15) is 24.0 Å². The molecule has 0 fully saturated rings. The molecule has 0 radical (unpaired) electrons. The number of hydrogen-bond acceptors (Lipinski definition) is 11. The van der Waals surface area contributed by atoms with E-state index in [1.165, 1.54) is 63.5 Å². The predicted molar refractivity (Wildman–Crippen MR) is 128 cm³/mol. The number of ether oxygens (including phenoxy) is 4. The number of halogens is 1. The Morgan fingerprint density at radius 2 is 1.49 bits per heavy atom. The van der Waals surface area contributed by atoms with Gasteiger partial charge in [-0.05, 0) is 24.3 Å². The number of nitrogens with zero attached hydrogens (tertiary/aromatic N) is 1. The van der Waals surface area contributed by atoms with Crippen LogP contribution in [0.15, 0.2) is 51.9 Å². The molecule has 0 unspecified atom stereocenters. The van der Waals surface area contributed by atoms with Gasteiger partial charge < -0.3 is 23.4 Å². The quantitative estimate of drug-likeness (QED) is 0.224. The number of fused-ring (bicyclic) bond motifs is 1. The molecule has 1 aromatic carbocycles. The molecule has 0 aliphatic heterocycles. The van der Waals surface area contributed by atoms with E-state index in [1.54, 1.807) is 0 Å². The fraction of sp³-hybridized carbons (Fsp3) is 0.280. The third-order valence-electron chi connectivity index (χ3n) is 4.81. The van der Waals surface area contributed by atoms with Crippen molar-refractivity contribution in [2.45, 2.75) is 46.0 Å². The first-order chi connectivity index (χ1) is 17.6. The van der Waals surface area contributed by atoms with Gasteiger partial charge in [0.25, 0.3) is 0 Å². The van der Waals surface area contributed by atoms with Gasteiger partial charge in [-0.15, -0.1) is 0 Å². The zero-order valence-corrected chi connectivity index (χ0v) is 20.8. The Kier molecular flexibility index (Phi) is 8.61. The second-order valence-electron chi connectivity index (χ2n) is 7.47. The summed E-state index contributed by atoms with van der Waals surface area (Å²) in [6.45, 7) is 4.50. The molecular weight excluding hydrogens is 510 g/mol. The average molecular weight is 532 g/mol. The van der Waals surface area contributed by atoms with Crippen LogP contribution in [0.1, 0.15) is 56.0 Å². The van der Waals surface area contributed by atoms with Gasteiger partial charge in [-0.25, -0.2) is 9.59 Å². The molecule has 0 aliphatic carbocycles. The Hall–Kier alpha value is -4.25. The molecule has 0 aliphatic rings. The summed E-state index contributed by atoms with van der Waals surface area (Å²) in [5.74, 6) is -6.09. The van der Waals surface area contributed by atoms with Crippen molar-refractivity contribution in [3.05, 3.63) is 69.3 Å². The second-order valence-corrected chi connectivity index (χ2v) is 7.90. The molecule has 0 amide bonds. The summed E-state index contributed by atoms with van der Waals surface area (Å²) in [5.41, 5.74) is -1.51. The summed E-state index contributed by atoms with van der Waals surface area (Å²) in [6, 6.07) is 6.37. The molecule has 3 aromatic rings. The third kappa shape index (κ3) is 6.50. The number of rotatable bonds is 9. The minimum atomic E-state index is -2.55.